The maximum Gasteiger partial charge on any atom is 0.254 e. The van der Waals surface area contributed by atoms with Crippen molar-refractivity contribution in [3.63, 3.8) is 0 Å². The highest BCUT2D eigenvalue weighted by atomic mass is 32.2. The SMILES string of the molecule is CSc1nc(C)c(CCC(=O)NCCCN(C)c2ccccc2)c(=O)[nH]1. The van der Waals surface area contributed by atoms with Crippen molar-refractivity contribution in [2.45, 2.75) is 31.3 Å². The van der Waals surface area contributed by atoms with Gasteiger partial charge in [-0.25, -0.2) is 4.98 Å². The van der Waals surface area contributed by atoms with Crippen LogP contribution in [0.4, 0.5) is 5.69 Å². The van der Waals surface area contributed by atoms with Crippen LogP contribution in [0, 0.1) is 6.92 Å². The molecule has 1 amide bonds. The van der Waals surface area contributed by atoms with E-state index in [9.17, 15) is 9.59 Å². The molecule has 1 heterocycles. The van der Waals surface area contributed by atoms with Gasteiger partial charge in [0.1, 0.15) is 0 Å². The molecule has 0 unspecified atom stereocenters. The number of carbonyl (C=O) groups excluding carboxylic acids is 1. The van der Waals surface area contributed by atoms with Crippen molar-refractivity contribution in [2.24, 2.45) is 0 Å². The predicted octanol–water partition coefficient (Wildman–Crippen LogP) is 2.38. The van der Waals surface area contributed by atoms with Gasteiger partial charge in [0.05, 0.1) is 0 Å². The molecule has 0 saturated carbocycles. The van der Waals surface area contributed by atoms with Crippen molar-refractivity contribution in [1.29, 1.82) is 0 Å². The largest absolute Gasteiger partial charge is 0.375 e. The van der Waals surface area contributed by atoms with Gasteiger partial charge in [-0.05, 0) is 38.2 Å². The van der Waals surface area contributed by atoms with Crippen LogP contribution in [0.3, 0.4) is 0 Å². The van der Waals surface area contributed by atoms with Crippen LogP contribution in [0.5, 0.6) is 0 Å². The van der Waals surface area contributed by atoms with E-state index in [2.05, 4.69) is 32.3 Å². The molecule has 2 rings (SSSR count). The van der Waals surface area contributed by atoms with Gasteiger partial charge in [-0.2, -0.15) is 0 Å². The summed E-state index contributed by atoms with van der Waals surface area (Å²) in [4.78, 5) is 33.3. The standard InChI is InChI=1S/C19H26N4O2S/c1-14-16(18(25)22-19(21-14)26-3)10-11-17(24)20-12-7-13-23(2)15-8-5-4-6-9-15/h4-6,8-9H,7,10-13H2,1-3H3,(H,20,24)(H,21,22,25). The molecule has 1 aromatic carbocycles. The first-order valence-corrected chi connectivity index (χ1v) is 9.90. The Balaban J connectivity index is 1.72. The van der Waals surface area contributed by atoms with Crippen LogP contribution in [0.25, 0.3) is 0 Å². The summed E-state index contributed by atoms with van der Waals surface area (Å²) in [5.74, 6) is -0.0416. The van der Waals surface area contributed by atoms with Crippen molar-refractivity contribution in [2.75, 3.05) is 31.3 Å². The lowest BCUT2D eigenvalue weighted by molar-refractivity contribution is -0.121. The fraction of sp³-hybridized carbons (Fsp3) is 0.421. The summed E-state index contributed by atoms with van der Waals surface area (Å²) in [7, 11) is 2.04. The molecule has 0 atom stereocenters. The van der Waals surface area contributed by atoms with Gasteiger partial charge in [0.15, 0.2) is 5.16 Å². The Labute approximate surface area is 158 Å². The van der Waals surface area contributed by atoms with Gasteiger partial charge in [0.2, 0.25) is 5.91 Å². The average Bonchev–Trinajstić information content (AvgIpc) is 2.64. The van der Waals surface area contributed by atoms with E-state index in [1.807, 2.05) is 38.4 Å². The highest BCUT2D eigenvalue weighted by Gasteiger charge is 2.10. The number of thioether (sulfide) groups is 1. The van der Waals surface area contributed by atoms with Crippen LogP contribution in [0.15, 0.2) is 40.3 Å². The highest BCUT2D eigenvalue weighted by molar-refractivity contribution is 7.98. The van der Waals surface area contributed by atoms with E-state index in [-0.39, 0.29) is 11.5 Å². The number of nitrogens with zero attached hydrogens (tertiary/aromatic N) is 2. The van der Waals surface area contributed by atoms with Gasteiger partial charge in [-0.15, -0.1) is 0 Å². The number of H-pyrrole nitrogens is 1. The third-order valence-electron chi connectivity index (χ3n) is 4.19. The summed E-state index contributed by atoms with van der Waals surface area (Å²) in [6.45, 7) is 3.29. The van der Waals surface area contributed by atoms with E-state index < -0.39 is 0 Å². The fourth-order valence-corrected chi connectivity index (χ4v) is 3.08. The summed E-state index contributed by atoms with van der Waals surface area (Å²) in [5, 5.41) is 3.52. The van der Waals surface area contributed by atoms with Crippen LogP contribution in [0.2, 0.25) is 0 Å². The Morgan fingerprint density at radius 3 is 2.69 bits per heavy atom. The third-order valence-corrected chi connectivity index (χ3v) is 4.77. The van der Waals surface area contributed by atoms with Gasteiger partial charge in [-0.3, -0.25) is 9.59 Å². The van der Waals surface area contributed by atoms with Crippen LogP contribution < -0.4 is 15.8 Å². The van der Waals surface area contributed by atoms with E-state index in [1.165, 1.54) is 11.8 Å². The predicted molar refractivity (Wildman–Crippen MR) is 107 cm³/mol. The van der Waals surface area contributed by atoms with E-state index in [1.54, 1.807) is 0 Å². The van der Waals surface area contributed by atoms with Crippen molar-refractivity contribution in [3.05, 3.63) is 51.9 Å². The molecule has 2 aromatic rings. The van der Waals surface area contributed by atoms with Gasteiger partial charge in [-0.1, -0.05) is 30.0 Å². The fourth-order valence-electron chi connectivity index (χ4n) is 2.66. The first kappa shape index (κ1) is 20.0. The Kier molecular flexibility index (Phi) is 7.72. The first-order valence-electron chi connectivity index (χ1n) is 8.68. The van der Waals surface area contributed by atoms with E-state index in [0.717, 1.165) is 18.7 Å². The summed E-state index contributed by atoms with van der Waals surface area (Å²) in [6, 6.07) is 10.1. The zero-order valence-corrected chi connectivity index (χ0v) is 16.4. The minimum Gasteiger partial charge on any atom is -0.375 e. The molecule has 140 valence electrons. The zero-order chi connectivity index (χ0) is 18.9. The second-order valence-electron chi connectivity index (χ2n) is 6.10. The monoisotopic (exact) mass is 374 g/mol. The molecule has 0 aliphatic carbocycles. The lowest BCUT2D eigenvalue weighted by atomic mass is 10.1. The summed E-state index contributed by atoms with van der Waals surface area (Å²) >= 11 is 1.39. The van der Waals surface area contributed by atoms with Crippen molar-refractivity contribution < 1.29 is 4.79 Å². The number of hydrogen-bond acceptors (Lipinski definition) is 5. The molecule has 6 nitrogen and oxygen atoms in total. The number of para-hydroxylation sites is 1. The van der Waals surface area contributed by atoms with E-state index in [0.29, 0.717) is 35.8 Å². The second kappa shape index (κ2) is 10.0. The van der Waals surface area contributed by atoms with Crippen molar-refractivity contribution >= 4 is 23.4 Å². The molecular weight excluding hydrogens is 348 g/mol. The molecule has 0 saturated heterocycles. The number of aromatic nitrogens is 2. The molecule has 0 aliphatic heterocycles. The average molecular weight is 375 g/mol. The quantitative estimate of drug-likeness (QED) is 0.400. The number of carbonyl (C=O) groups is 1. The number of aromatic amines is 1. The molecule has 2 N–H and O–H groups in total. The molecule has 0 fully saturated rings. The maximum absolute atomic E-state index is 12.1. The lowest BCUT2D eigenvalue weighted by Crippen LogP contribution is -2.29. The van der Waals surface area contributed by atoms with Gasteiger partial charge < -0.3 is 15.2 Å². The Hall–Kier alpha value is -2.28. The molecule has 26 heavy (non-hydrogen) atoms. The molecule has 1 aromatic heterocycles. The van der Waals surface area contributed by atoms with Crippen LogP contribution in [-0.4, -0.2) is 42.3 Å². The van der Waals surface area contributed by atoms with Gasteiger partial charge >= 0.3 is 0 Å². The highest BCUT2D eigenvalue weighted by Crippen LogP contribution is 2.11. The molecule has 0 spiro atoms. The normalized spacial score (nSPS) is 10.6. The number of amides is 1. The number of rotatable bonds is 9. The molecule has 0 aliphatic rings. The summed E-state index contributed by atoms with van der Waals surface area (Å²) in [5.41, 5.74) is 2.28. The summed E-state index contributed by atoms with van der Waals surface area (Å²) < 4.78 is 0. The number of benzene rings is 1. The first-order chi connectivity index (χ1) is 12.5. The minimum absolute atomic E-state index is 0.0416. The Morgan fingerprint density at radius 2 is 2.04 bits per heavy atom. The van der Waals surface area contributed by atoms with Crippen LogP contribution in [0.1, 0.15) is 24.1 Å². The summed E-state index contributed by atoms with van der Waals surface area (Å²) in [6.07, 6.45) is 3.41. The number of anilines is 1. The van der Waals surface area contributed by atoms with Crippen molar-refractivity contribution in [1.82, 2.24) is 15.3 Å². The molecule has 0 radical (unpaired) electrons. The Morgan fingerprint density at radius 1 is 1.31 bits per heavy atom. The maximum atomic E-state index is 12.1. The number of aryl methyl sites for hydroxylation is 1. The molecule has 0 bridgehead atoms. The number of hydrogen-bond donors (Lipinski definition) is 2. The van der Waals surface area contributed by atoms with Gasteiger partial charge in [0, 0.05) is 43.5 Å². The van der Waals surface area contributed by atoms with E-state index >= 15 is 0 Å². The molecule has 7 heteroatoms. The lowest BCUT2D eigenvalue weighted by Gasteiger charge is -2.19. The molecular formula is C19H26N4O2S. The van der Waals surface area contributed by atoms with Crippen molar-refractivity contribution in [3.8, 4) is 0 Å². The number of nitrogens with one attached hydrogen (secondary N) is 2. The third kappa shape index (κ3) is 5.91. The minimum atomic E-state index is -0.154. The topological polar surface area (TPSA) is 78.1 Å². The van der Waals surface area contributed by atoms with Crippen LogP contribution >= 0.6 is 11.8 Å². The zero-order valence-electron chi connectivity index (χ0n) is 15.5. The van der Waals surface area contributed by atoms with E-state index in [4.69, 9.17) is 0 Å². The smallest absolute Gasteiger partial charge is 0.254 e. The van der Waals surface area contributed by atoms with Gasteiger partial charge in [0.25, 0.3) is 5.56 Å². The second-order valence-corrected chi connectivity index (χ2v) is 6.89. The Bertz CT molecular complexity index is 777. The van der Waals surface area contributed by atoms with Crippen LogP contribution in [-0.2, 0) is 11.2 Å².